The zero-order chi connectivity index (χ0) is 23.2. The summed E-state index contributed by atoms with van der Waals surface area (Å²) in [7, 11) is -5.15. The van der Waals surface area contributed by atoms with E-state index in [1.165, 1.54) is 0 Å². The molecular weight excluding hydrogens is 446 g/mol. The molecule has 3 heterocycles. The van der Waals surface area contributed by atoms with Gasteiger partial charge >= 0.3 is 0 Å². The number of ether oxygens (including phenoxy) is 1. The second kappa shape index (κ2) is 8.56. The third kappa shape index (κ3) is 6.59. The highest BCUT2D eigenvalue weighted by Crippen LogP contribution is 2.34. The van der Waals surface area contributed by atoms with Crippen LogP contribution in [0.25, 0.3) is 11.2 Å². The summed E-state index contributed by atoms with van der Waals surface area (Å²) in [5.41, 5.74) is 0.582. The van der Waals surface area contributed by atoms with Gasteiger partial charge in [0.2, 0.25) is 0 Å². The molecule has 1 aliphatic rings. The van der Waals surface area contributed by atoms with Crippen LogP contribution < -0.4 is 10.5 Å². The molecule has 1 aliphatic heterocycles. The van der Waals surface area contributed by atoms with Crippen LogP contribution in [0.5, 0.6) is 0 Å². The lowest BCUT2D eigenvalue weighted by atomic mass is 10.2. The third-order valence-corrected chi connectivity index (χ3v) is 7.63. The SMILES string of the molecule is C[Si](C)(C)Nc1nc2c(ncn2C2CC(O[Si](C)(C)C)C(CO[Si](C)(C)C)O2)c(=O)[nH]1. The average Bonchev–Trinajstić information content (AvgIpc) is 3.13. The lowest BCUT2D eigenvalue weighted by molar-refractivity contribution is -0.0367. The first-order valence-corrected chi connectivity index (χ1v) is 21.2. The van der Waals surface area contributed by atoms with Crippen molar-refractivity contribution in [2.75, 3.05) is 11.6 Å². The van der Waals surface area contributed by atoms with Gasteiger partial charge < -0.3 is 18.6 Å². The standard InChI is InChI=1S/C19H37N5O4Si3/c1-29(2,3)23-19-21-17-16(18(25)22-19)20-12-24(17)15-10-13(28-31(7,8)9)14(27-15)11-26-30(4,5)6/h12-15H,10-11H2,1-9H3,(H2,21,22,23,25). The van der Waals surface area contributed by atoms with E-state index in [1.807, 2.05) is 4.57 Å². The Labute approximate surface area is 187 Å². The molecule has 0 saturated carbocycles. The van der Waals surface area contributed by atoms with Gasteiger partial charge in [-0.15, -0.1) is 0 Å². The van der Waals surface area contributed by atoms with Crippen molar-refractivity contribution in [1.29, 1.82) is 0 Å². The number of fused-ring (bicyclic) bond motifs is 1. The van der Waals surface area contributed by atoms with Crippen LogP contribution in [0.3, 0.4) is 0 Å². The smallest absolute Gasteiger partial charge is 0.280 e. The minimum absolute atomic E-state index is 0.0629. The Balaban J connectivity index is 1.91. The fourth-order valence-electron chi connectivity index (χ4n) is 3.48. The zero-order valence-corrected chi connectivity index (χ0v) is 23.2. The van der Waals surface area contributed by atoms with E-state index in [-0.39, 0.29) is 24.0 Å². The van der Waals surface area contributed by atoms with E-state index >= 15 is 0 Å². The predicted octanol–water partition coefficient (Wildman–Crippen LogP) is 3.73. The molecule has 9 nitrogen and oxygen atoms in total. The lowest BCUT2D eigenvalue weighted by Crippen LogP contribution is -2.40. The topological polar surface area (TPSA) is 103 Å². The van der Waals surface area contributed by atoms with E-state index in [1.54, 1.807) is 6.33 Å². The summed E-state index contributed by atoms with van der Waals surface area (Å²) in [5, 5.41) is 0. The van der Waals surface area contributed by atoms with Gasteiger partial charge in [0.05, 0.1) is 19.0 Å². The molecule has 2 aromatic heterocycles. The molecule has 12 heteroatoms. The maximum Gasteiger partial charge on any atom is 0.280 e. The Hall–Kier alpha value is -1.32. The summed E-state index contributed by atoms with van der Waals surface area (Å²) in [6.45, 7) is 20.0. The minimum Gasteiger partial charge on any atom is -0.415 e. The number of anilines is 1. The maximum atomic E-state index is 12.6. The van der Waals surface area contributed by atoms with Gasteiger partial charge in [-0.25, -0.2) is 4.98 Å². The number of hydrogen-bond donors (Lipinski definition) is 2. The fraction of sp³-hybridized carbons (Fsp3) is 0.737. The van der Waals surface area contributed by atoms with Crippen LogP contribution in [0.2, 0.25) is 58.9 Å². The largest absolute Gasteiger partial charge is 0.415 e. The fourth-order valence-corrected chi connectivity index (χ4v) is 6.13. The van der Waals surface area contributed by atoms with Gasteiger partial charge in [-0.2, -0.15) is 4.98 Å². The van der Waals surface area contributed by atoms with Crippen molar-refractivity contribution in [2.45, 2.75) is 83.8 Å². The Bertz CT molecular complexity index is 974. The molecule has 2 N–H and O–H groups in total. The van der Waals surface area contributed by atoms with Crippen LogP contribution in [-0.2, 0) is 13.6 Å². The highest BCUT2D eigenvalue weighted by atomic mass is 28.4. The van der Waals surface area contributed by atoms with Crippen molar-refractivity contribution < 1.29 is 13.6 Å². The van der Waals surface area contributed by atoms with Crippen molar-refractivity contribution in [2.24, 2.45) is 0 Å². The van der Waals surface area contributed by atoms with Crippen LogP contribution in [0.4, 0.5) is 5.95 Å². The summed E-state index contributed by atoms with van der Waals surface area (Å²) in [6.07, 6.45) is 1.77. The number of aromatic nitrogens is 4. The number of H-pyrrole nitrogens is 1. The quantitative estimate of drug-likeness (QED) is 0.551. The first-order chi connectivity index (χ1) is 14.1. The van der Waals surface area contributed by atoms with Crippen molar-refractivity contribution in [3.8, 4) is 0 Å². The van der Waals surface area contributed by atoms with Gasteiger partial charge in [-0.05, 0) is 39.3 Å². The van der Waals surface area contributed by atoms with Gasteiger partial charge in [-0.3, -0.25) is 14.3 Å². The van der Waals surface area contributed by atoms with Crippen LogP contribution in [0.1, 0.15) is 12.6 Å². The number of nitrogens with zero attached hydrogens (tertiary/aromatic N) is 3. The Morgan fingerprint density at radius 3 is 2.42 bits per heavy atom. The van der Waals surface area contributed by atoms with Gasteiger partial charge in [0.15, 0.2) is 33.7 Å². The van der Waals surface area contributed by atoms with Gasteiger partial charge in [0.1, 0.15) is 20.6 Å². The number of imidazole rings is 1. The van der Waals surface area contributed by atoms with E-state index in [2.05, 4.69) is 78.9 Å². The molecular formula is C19H37N5O4Si3. The van der Waals surface area contributed by atoms with Gasteiger partial charge in [-0.1, -0.05) is 19.6 Å². The Kier molecular flexibility index (Phi) is 6.71. The zero-order valence-electron chi connectivity index (χ0n) is 20.2. The molecule has 31 heavy (non-hydrogen) atoms. The van der Waals surface area contributed by atoms with Crippen molar-refractivity contribution in [1.82, 2.24) is 19.5 Å². The highest BCUT2D eigenvalue weighted by Gasteiger charge is 2.40. The monoisotopic (exact) mass is 483 g/mol. The highest BCUT2D eigenvalue weighted by molar-refractivity contribution is 6.79. The minimum atomic E-state index is -1.78. The molecule has 3 rings (SSSR count). The van der Waals surface area contributed by atoms with Crippen LogP contribution >= 0.6 is 0 Å². The first-order valence-electron chi connectivity index (χ1n) is 10.8. The van der Waals surface area contributed by atoms with E-state index in [4.69, 9.17) is 13.6 Å². The molecule has 3 unspecified atom stereocenters. The van der Waals surface area contributed by atoms with Crippen LogP contribution in [0, 0.1) is 0 Å². The molecule has 2 aromatic rings. The molecule has 0 spiro atoms. The molecule has 0 radical (unpaired) electrons. The summed E-state index contributed by atoms with van der Waals surface area (Å²) >= 11 is 0. The van der Waals surface area contributed by atoms with Crippen LogP contribution in [-0.4, -0.2) is 63.2 Å². The molecule has 174 valence electrons. The van der Waals surface area contributed by atoms with Crippen molar-refractivity contribution >= 4 is 42.0 Å². The second-order valence-corrected chi connectivity index (χ2v) is 24.9. The number of nitrogens with one attached hydrogen (secondary N) is 2. The molecule has 3 atom stereocenters. The van der Waals surface area contributed by atoms with E-state index in [0.717, 1.165) is 0 Å². The van der Waals surface area contributed by atoms with E-state index in [0.29, 0.717) is 30.1 Å². The molecule has 1 fully saturated rings. The first kappa shape index (κ1) is 24.3. The normalized spacial score (nSPS) is 22.9. The van der Waals surface area contributed by atoms with Gasteiger partial charge in [0.25, 0.3) is 5.56 Å². The molecule has 0 aliphatic carbocycles. The second-order valence-electron chi connectivity index (χ2n) is 11.2. The third-order valence-electron chi connectivity index (χ3n) is 4.60. The lowest BCUT2D eigenvalue weighted by Gasteiger charge is -2.28. The summed E-state index contributed by atoms with van der Waals surface area (Å²) in [5.74, 6) is 0.477. The number of rotatable bonds is 8. The number of hydrogen-bond acceptors (Lipinski definition) is 7. The van der Waals surface area contributed by atoms with E-state index < -0.39 is 24.9 Å². The predicted molar refractivity (Wildman–Crippen MR) is 131 cm³/mol. The van der Waals surface area contributed by atoms with Crippen LogP contribution in [0.15, 0.2) is 11.1 Å². The number of aromatic amines is 1. The molecule has 0 bridgehead atoms. The summed E-state index contributed by atoms with van der Waals surface area (Å²) < 4.78 is 20.9. The summed E-state index contributed by atoms with van der Waals surface area (Å²) in [4.78, 5) is 27.7. The molecule has 0 aromatic carbocycles. The summed E-state index contributed by atoms with van der Waals surface area (Å²) in [6, 6.07) is 0. The molecule has 0 amide bonds. The van der Waals surface area contributed by atoms with E-state index in [9.17, 15) is 4.79 Å². The van der Waals surface area contributed by atoms with Gasteiger partial charge in [0, 0.05) is 6.42 Å². The van der Waals surface area contributed by atoms with Crippen molar-refractivity contribution in [3.05, 3.63) is 16.7 Å². The molecule has 1 saturated heterocycles. The average molecular weight is 484 g/mol. The Morgan fingerprint density at radius 2 is 1.84 bits per heavy atom. The van der Waals surface area contributed by atoms with Crippen molar-refractivity contribution in [3.63, 3.8) is 0 Å². The Morgan fingerprint density at radius 1 is 1.16 bits per heavy atom. The maximum absolute atomic E-state index is 12.6.